The Balaban J connectivity index is 2.04. The number of anilines is 1. The Kier molecular flexibility index (Phi) is 4.38. The van der Waals surface area contributed by atoms with Crippen LogP contribution in [-0.2, 0) is 9.59 Å². The average molecular weight is 361 g/mol. The number of amides is 4. The number of hydrogen-bond acceptors (Lipinski definition) is 3. The fourth-order valence-electron chi connectivity index (χ4n) is 2.24. The molecule has 0 unspecified atom stereocenters. The molecule has 2 aromatic carbocycles. The molecule has 0 atom stereocenters. The monoisotopic (exact) mass is 360 g/mol. The zero-order valence-corrected chi connectivity index (χ0v) is 13.6. The summed E-state index contributed by atoms with van der Waals surface area (Å²) in [5.74, 6) is -1.50. The zero-order valence-electron chi connectivity index (χ0n) is 12.1. The highest BCUT2D eigenvalue weighted by Gasteiger charge is 2.36. The van der Waals surface area contributed by atoms with Crippen LogP contribution >= 0.6 is 23.2 Å². The van der Waals surface area contributed by atoms with Crippen molar-refractivity contribution in [3.05, 3.63) is 69.7 Å². The van der Waals surface area contributed by atoms with E-state index in [4.69, 9.17) is 23.2 Å². The van der Waals surface area contributed by atoms with E-state index in [0.29, 0.717) is 21.3 Å². The molecule has 0 saturated carbocycles. The molecule has 0 bridgehead atoms. The summed E-state index contributed by atoms with van der Waals surface area (Å²) >= 11 is 11.9. The van der Waals surface area contributed by atoms with Crippen LogP contribution in [0.15, 0.2) is 54.1 Å². The van der Waals surface area contributed by atoms with E-state index in [1.807, 2.05) is 0 Å². The van der Waals surface area contributed by atoms with Crippen LogP contribution in [0.3, 0.4) is 0 Å². The number of imide groups is 2. The van der Waals surface area contributed by atoms with Crippen molar-refractivity contribution >= 4 is 52.8 Å². The molecular formula is C17H10Cl2N2O3. The van der Waals surface area contributed by atoms with Crippen LogP contribution in [0.2, 0.25) is 10.0 Å². The highest BCUT2D eigenvalue weighted by atomic mass is 35.5. The van der Waals surface area contributed by atoms with Gasteiger partial charge in [-0.15, -0.1) is 0 Å². The molecule has 0 radical (unpaired) electrons. The predicted molar refractivity (Wildman–Crippen MR) is 91.9 cm³/mol. The van der Waals surface area contributed by atoms with Crippen molar-refractivity contribution in [2.24, 2.45) is 0 Å². The van der Waals surface area contributed by atoms with Gasteiger partial charge in [0.1, 0.15) is 5.57 Å². The van der Waals surface area contributed by atoms with Gasteiger partial charge in [-0.05, 0) is 35.9 Å². The number of urea groups is 1. The molecule has 0 aliphatic carbocycles. The van der Waals surface area contributed by atoms with E-state index >= 15 is 0 Å². The molecule has 3 rings (SSSR count). The minimum absolute atomic E-state index is 0.192. The zero-order chi connectivity index (χ0) is 17.3. The van der Waals surface area contributed by atoms with Crippen molar-refractivity contribution in [3.8, 4) is 0 Å². The summed E-state index contributed by atoms with van der Waals surface area (Å²) in [6.07, 6.45) is 1.33. The fourth-order valence-corrected chi connectivity index (χ4v) is 2.71. The van der Waals surface area contributed by atoms with Crippen LogP contribution in [0.1, 0.15) is 5.56 Å². The van der Waals surface area contributed by atoms with Crippen LogP contribution in [0.25, 0.3) is 6.08 Å². The molecular weight excluding hydrogens is 351 g/mol. The van der Waals surface area contributed by atoms with Gasteiger partial charge in [-0.25, -0.2) is 9.69 Å². The third kappa shape index (κ3) is 3.04. The fraction of sp³-hybridized carbons (Fsp3) is 0. The number of nitrogens with zero attached hydrogens (tertiary/aromatic N) is 1. The molecule has 0 spiro atoms. The second-order valence-electron chi connectivity index (χ2n) is 4.96. The first kappa shape index (κ1) is 16.2. The number of para-hydroxylation sites is 1. The lowest BCUT2D eigenvalue weighted by molar-refractivity contribution is -0.122. The lowest BCUT2D eigenvalue weighted by atomic mass is 10.1. The molecule has 120 valence electrons. The van der Waals surface area contributed by atoms with Crippen LogP contribution in [0.5, 0.6) is 0 Å². The standard InChI is InChI=1S/C17H10Cl2N2O3/c18-11-7-6-10(14(19)9-11)8-13-15(22)20-17(24)21(16(13)23)12-4-2-1-3-5-12/h1-9H,(H,20,22,24)/b13-8-. The first-order valence-corrected chi connectivity index (χ1v) is 7.64. The molecule has 7 heteroatoms. The maximum atomic E-state index is 12.6. The molecule has 1 aliphatic rings. The van der Waals surface area contributed by atoms with E-state index in [2.05, 4.69) is 5.32 Å². The quantitative estimate of drug-likeness (QED) is 0.656. The van der Waals surface area contributed by atoms with E-state index < -0.39 is 17.8 Å². The number of hydrogen-bond donors (Lipinski definition) is 1. The van der Waals surface area contributed by atoms with Gasteiger partial charge in [0, 0.05) is 10.0 Å². The molecule has 1 fully saturated rings. The first-order chi connectivity index (χ1) is 11.5. The summed E-state index contributed by atoms with van der Waals surface area (Å²) in [4.78, 5) is 37.6. The summed E-state index contributed by atoms with van der Waals surface area (Å²) < 4.78 is 0. The largest absolute Gasteiger partial charge is 0.335 e. The molecule has 1 saturated heterocycles. The number of barbiturate groups is 1. The average Bonchev–Trinajstić information content (AvgIpc) is 2.54. The van der Waals surface area contributed by atoms with Crippen molar-refractivity contribution in [3.63, 3.8) is 0 Å². The molecule has 2 aromatic rings. The Bertz CT molecular complexity index is 879. The third-order valence-corrected chi connectivity index (χ3v) is 3.94. The van der Waals surface area contributed by atoms with E-state index in [0.717, 1.165) is 4.90 Å². The Morgan fingerprint density at radius 2 is 1.67 bits per heavy atom. The van der Waals surface area contributed by atoms with Gasteiger partial charge in [-0.1, -0.05) is 47.5 Å². The van der Waals surface area contributed by atoms with Gasteiger partial charge < -0.3 is 0 Å². The molecule has 24 heavy (non-hydrogen) atoms. The van der Waals surface area contributed by atoms with Crippen LogP contribution in [0, 0.1) is 0 Å². The number of carbonyl (C=O) groups excluding carboxylic acids is 3. The van der Waals surface area contributed by atoms with Crippen molar-refractivity contribution in [2.75, 3.05) is 4.90 Å². The topological polar surface area (TPSA) is 66.5 Å². The second-order valence-corrected chi connectivity index (χ2v) is 5.80. The van der Waals surface area contributed by atoms with Gasteiger partial charge in [-0.3, -0.25) is 14.9 Å². The van der Waals surface area contributed by atoms with Crippen LogP contribution in [0.4, 0.5) is 10.5 Å². The molecule has 5 nitrogen and oxygen atoms in total. The summed E-state index contributed by atoms with van der Waals surface area (Å²) in [7, 11) is 0. The van der Waals surface area contributed by atoms with E-state index in [-0.39, 0.29) is 5.57 Å². The van der Waals surface area contributed by atoms with Crippen molar-refractivity contribution in [2.45, 2.75) is 0 Å². The predicted octanol–water partition coefficient (Wildman–Crippen LogP) is 3.66. The van der Waals surface area contributed by atoms with Gasteiger partial charge in [0.05, 0.1) is 5.69 Å². The Morgan fingerprint density at radius 1 is 0.958 bits per heavy atom. The minimum atomic E-state index is -0.796. The SMILES string of the molecule is O=C1NC(=O)N(c2ccccc2)C(=O)/C1=C\c1ccc(Cl)cc1Cl. The van der Waals surface area contributed by atoms with Gasteiger partial charge in [-0.2, -0.15) is 0 Å². The number of rotatable bonds is 2. The van der Waals surface area contributed by atoms with Crippen LogP contribution < -0.4 is 10.2 Å². The minimum Gasteiger partial charge on any atom is -0.273 e. The van der Waals surface area contributed by atoms with Crippen molar-refractivity contribution in [1.82, 2.24) is 5.32 Å². The number of carbonyl (C=O) groups is 3. The first-order valence-electron chi connectivity index (χ1n) is 6.89. The van der Waals surface area contributed by atoms with E-state index in [9.17, 15) is 14.4 Å². The van der Waals surface area contributed by atoms with Gasteiger partial charge in [0.15, 0.2) is 0 Å². The molecule has 4 amide bonds. The third-order valence-electron chi connectivity index (χ3n) is 3.38. The number of nitrogens with one attached hydrogen (secondary N) is 1. The number of halogens is 2. The summed E-state index contributed by atoms with van der Waals surface area (Å²) in [5.41, 5.74) is 0.616. The lowest BCUT2D eigenvalue weighted by Gasteiger charge is -2.26. The summed E-state index contributed by atoms with van der Waals surface area (Å²) in [6, 6.07) is 12.2. The molecule has 0 aromatic heterocycles. The normalized spacial score (nSPS) is 16.5. The Hall–Kier alpha value is -2.63. The van der Waals surface area contributed by atoms with Gasteiger partial charge >= 0.3 is 6.03 Å². The second kappa shape index (κ2) is 6.47. The highest BCUT2D eigenvalue weighted by molar-refractivity contribution is 6.40. The highest BCUT2D eigenvalue weighted by Crippen LogP contribution is 2.26. The smallest absolute Gasteiger partial charge is 0.273 e. The number of benzene rings is 2. The Labute approximate surface area is 147 Å². The maximum absolute atomic E-state index is 12.6. The molecule has 1 heterocycles. The summed E-state index contributed by atoms with van der Waals surface area (Å²) in [6.45, 7) is 0. The molecule has 1 N–H and O–H groups in total. The lowest BCUT2D eigenvalue weighted by Crippen LogP contribution is -2.54. The van der Waals surface area contributed by atoms with E-state index in [1.165, 1.54) is 12.1 Å². The van der Waals surface area contributed by atoms with E-state index in [1.54, 1.807) is 42.5 Å². The van der Waals surface area contributed by atoms with Crippen LogP contribution in [-0.4, -0.2) is 17.8 Å². The van der Waals surface area contributed by atoms with Crippen molar-refractivity contribution in [1.29, 1.82) is 0 Å². The molecule has 1 aliphatic heterocycles. The summed E-state index contributed by atoms with van der Waals surface area (Å²) in [5, 5.41) is 2.87. The van der Waals surface area contributed by atoms with Crippen molar-refractivity contribution < 1.29 is 14.4 Å². The Morgan fingerprint density at radius 3 is 2.33 bits per heavy atom. The van der Waals surface area contributed by atoms with Gasteiger partial charge in [0.25, 0.3) is 11.8 Å². The van der Waals surface area contributed by atoms with Gasteiger partial charge in [0.2, 0.25) is 0 Å². The maximum Gasteiger partial charge on any atom is 0.335 e.